The molecule has 0 spiro atoms. The highest BCUT2D eigenvalue weighted by Gasteiger charge is 2.12. The Morgan fingerprint density at radius 1 is 1.22 bits per heavy atom. The van der Waals surface area contributed by atoms with Gasteiger partial charge < -0.3 is 5.32 Å². The quantitative estimate of drug-likeness (QED) is 0.762. The van der Waals surface area contributed by atoms with Crippen LogP contribution in [-0.2, 0) is 6.54 Å². The van der Waals surface area contributed by atoms with Crippen molar-refractivity contribution in [2.75, 3.05) is 5.32 Å². The third-order valence-electron chi connectivity index (χ3n) is 3.33. The van der Waals surface area contributed by atoms with Crippen molar-refractivity contribution in [3.63, 3.8) is 0 Å². The second-order valence-corrected chi connectivity index (χ2v) is 6.08. The minimum atomic E-state index is -0.283. The SMILES string of the molecule is Cc1ccc(NC(=O)c2cn(Cc3ccccc3)nn2)c(Br)c1. The highest BCUT2D eigenvalue weighted by atomic mass is 79.9. The number of anilines is 1. The van der Waals surface area contributed by atoms with Gasteiger partial charge in [0.1, 0.15) is 0 Å². The van der Waals surface area contributed by atoms with Crippen LogP contribution in [0.3, 0.4) is 0 Å². The molecule has 0 bridgehead atoms. The molecule has 6 heteroatoms. The van der Waals surface area contributed by atoms with Crippen LogP contribution in [0.1, 0.15) is 21.6 Å². The smallest absolute Gasteiger partial charge is 0.277 e. The van der Waals surface area contributed by atoms with Gasteiger partial charge in [-0.25, -0.2) is 4.68 Å². The van der Waals surface area contributed by atoms with E-state index in [9.17, 15) is 4.79 Å². The summed E-state index contributed by atoms with van der Waals surface area (Å²) in [5.74, 6) is -0.283. The van der Waals surface area contributed by atoms with E-state index >= 15 is 0 Å². The van der Waals surface area contributed by atoms with E-state index in [4.69, 9.17) is 0 Å². The lowest BCUT2D eigenvalue weighted by Gasteiger charge is -2.06. The first-order valence-corrected chi connectivity index (χ1v) is 7.93. The van der Waals surface area contributed by atoms with Gasteiger partial charge in [-0.1, -0.05) is 41.6 Å². The van der Waals surface area contributed by atoms with Gasteiger partial charge >= 0.3 is 0 Å². The van der Waals surface area contributed by atoms with Gasteiger partial charge in [0.25, 0.3) is 5.91 Å². The molecule has 0 atom stereocenters. The number of aromatic nitrogens is 3. The molecular weight excluding hydrogens is 356 g/mol. The molecule has 1 heterocycles. The number of nitrogens with zero attached hydrogens (tertiary/aromatic N) is 3. The molecule has 0 saturated carbocycles. The van der Waals surface area contributed by atoms with Crippen molar-refractivity contribution < 1.29 is 4.79 Å². The molecule has 1 aromatic heterocycles. The summed E-state index contributed by atoms with van der Waals surface area (Å²) in [7, 11) is 0. The standard InChI is InChI=1S/C17H15BrN4O/c1-12-7-8-15(14(18)9-12)19-17(23)16-11-22(21-20-16)10-13-5-3-2-4-6-13/h2-9,11H,10H2,1H3,(H,19,23). The number of hydrogen-bond acceptors (Lipinski definition) is 3. The highest BCUT2D eigenvalue weighted by molar-refractivity contribution is 9.10. The summed E-state index contributed by atoms with van der Waals surface area (Å²) in [4.78, 5) is 12.3. The normalized spacial score (nSPS) is 10.5. The molecular formula is C17H15BrN4O. The van der Waals surface area contributed by atoms with Crippen LogP contribution in [0.15, 0.2) is 59.2 Å². The number of aryl methyl sites for hydroxylation is 1. The second kappa shape index (κ2) is 6.75. The number of rotatable bonds is 4. The third-order valence-corrected chi connectivity index (χ3v) is 3.99. The molecule has 3 aromatic rings. The number of amides is 1. The summed E-state index contributed by atoms with van der Waals surface area (Å²) in [5, 5.41) is 10.8. The number of nitrogens with one attached hydrogen (secondary N) is 1. The molecule has 0 unspecified atom stereocenters. The van der Waals surface area contributed by atoms with Crippen molar-refractivity contribution in [3.8, 4) is 0 Å². The lowest BCUT2D eigenvalue weighted by molar-refractivity contribution is 0.102. The molecule has 5 nitrogen and oxygen atoms in total. The molecule has 0 radical (unpaired) electrons. The maximum absolute atomic E-state index is 12.3. The molecule has 0 aliphatic carbocycles. The minimum absolute atomic E-state index is 0.283. The van der Waals surface area contributed by atoms with Gasteiger partial charge in [0.15, 0.2) is 5.69 Å². The van der Waals surface area contributed by atoms with Crippen LogP contribution < -0.4 is 5.32 Å². The lowest BCUT2D eigenvalue weighted by atomic mass is 10.2. The Labute approximate surface area is 142 Å². The van der Waals surface area contributed by atoms with Gasteiger partial charge in [-0.15, -0.1) is 5.10 Å². The fourth-order valence-electron chi connectivity index (χ4n) is 2.16. The zero-order chi connectivity index (χ0) is 16.2. The summed E-state index contributed by atoms with van der Waals surface area (Å²) in [6.45, 7) is 2.57. The van der Waals surface area contributed by atoms with Gasteiger partial charge in [0.05, 0.1) is 18.4 Å². The lowest BCUT2D eigenvalue weighted by Crippen LogP contribution is -2.12. The molecule has 0 aliphatic heterocycles. The molecule has 116 valence electrons. The van der Waals surface area contributed by atoms with E-state index in [0.717, 1.165) is 15.6 Å². The summed E-state index contributed by atoms with van der Waals surface area (Å²) in [6.07, 6.45) is 1.64. The fourth-order valence-corrected chi connectivity index (χ4v) is 2.75. The van der Waals surface area contributed by atoms with Gasteiger partial charge in [0.2, 0.25) is 0 Å². The Morgan fingerprint density at radius 3 is 2.74 bits per heavy atom. The maximum Gasteiger partial charge on any atom is 0.277 e. The Kier molecular flexibility index (Phi) is 4.52. The predicted molar refractivity (Wildman–Crippen MR) is 92.4 cm³/mol. The van der Waals surface area contributed by atoms with Crippen molar-refractivity contribution in [2.45, 2.75) is 13.5 Å². The largest absolute Gasteiger partial charge is 0.319 e. The number of benzene rings is 2. The summed E-state index contributed by atoms with van der Waals surface area (Å²) in [5.41, 5.74) is 3.21. The maximum atomic E-state index is 12.3. The van der Waals surface area contributed by atoms with E-state index in [1.54, 1.807) is 10.9 Å². The van der Waals surface area contributed by atoms with Crippen LogP contribution >= 0.6 is 15.9 Å². The summed E-state index contributed by atoms with van der Waals surface area (Å²) in [6, 6.07) is 15.6. The van der Waals surface area contributed by atoms with Crippen molar-refractivity contribution in [1.29, 1.82) is 0 Å². The first kappa shape index (κ1) is 15.4. The van der Waals surface area contributed by atoms with E-state index in [1.165, 1.54) is 0 Å². The number of carbonyl (C=O) groups is 1. The van der Waals surface area contributed by atoms with Crippen molar-refractivity contribution in [3.05, 3.63) is 76.0 Å². The number of carbonyl (C=O) groups excluding carboxylic acids is 1. The average molecular weight is 371 g/mol. The van der Waals surface area contributed by atoms with Gasteiger partial charge in [-0.05, 0) is 46.1 Å². The van der Waals surface area contributed by atoms with Crippen molar-refractivity contribution in [2.24, 2.45) is 0 Å². The highest BCUT2D eigenvalue weighted by Crippen LogP contribution is 2.23. The summed E-state index contributed by atoms with van der Waals surface area (Å²) >= 11 is 3.44. The van der Waals surface area contributed by atoms with Crippen molar-refractivity contribution >= 4 is 27.5 Å². The number of halogens is 1. The zero-order valence-electron chi connectivity index (χ0n) is 12.5. The topological polar surface area (TPSA) is 59.8 Å². The number of hydrogen-bond donors (Lipinski definition) is 1. The Balaban J connectivity index is 1.71. The Hall–Kier alpha value is -2.47. The van der Waals surface area contributed by atoms with E-state index in [-0.39, 0.29) is 11.6 Å². The molecule has 3 rings (SSSR count). The zero-order valence-corrected chi connectivity index (χ0v) is 14.1. The Morgan fingerprint density at radius 2 is 2.00 bits per heavy atom. The Bertz CT molecular complexity index is 830. The van der Waals surface area contributed by atoms with Gasteiger partial charge in [0, 0.05) is 4.47 Å². The molecule has 23 heavy (non-hydrogen) atoms. The van der Waals surface area contributed by atoms with E-state index < -0.39 is 0 Å². The second-order valence-electron chi connectivity index (χ2n) is 5.22. The van der Waals surface area contributed by atoms with E-state index in [1.807, 2.05) is 55.5 Å². The van der Waals surface area contributed by atoms with Crippen LogP contribution in [-0.4, -0.2) is 20.9 Å². The van der Waals surface area contributed by atoms with E-state index in [2.05, 4.69) is 31.6 Å². The third kappa shape index (κ3) is 3.84. The molecule has 1 N–H and O–H groups in total. The van der Waals surface area contributed by atoms with Crippen LogP contribution in [0, 0.1) is 6.92 Å². The molecule has 1 amide bonds. The first-order chi connectivity index (χ1) is 11.1. The van der Waals surface area contributed by atoms with Gasteiger partial charge in [-0.2, -0.15) is 0 Å². The minimum Gasteiger partial charge on any atom is -0.319 e. The monoisotopic (exact) mass is 370 g/mol. The van der Waals surface area contributed by atoms with Crippen LogP contribution in [0.5, 0.6) is 0 Å². The van der Waals surface area contributed by atoms with Crippen molar-refractivity contribution in [1.82, 2.24) is 15.0 Å². The van der Waals surface area contributed by atoms with Gasteiger partial charge in [-0.3, -0.25) is 4.79 Å². The van der Waals surface area contributed by atoms with Crippen LogP contribution in [0.25, 0.3) is 0 Å². The van der Waals surface area contributed by atoms with Crippen LogP contribution in [0.2, 0.25) is 0 Å². The predicted octanol–water partition coefficient (Wildman–Crippen LogP) is 3.65. The van der Waals surface area contributed by atoms with Crippen LogP contribution in [0.4, 0.5) is 5.69 Å². The van der Waals surface area contributed by atoms with E-state index in [0.29, 0.717) is 12.2 Å². The first-order valence-electron chi connectivity index (χ1n) is 7.13. The molecule has 0 fully saturated rings. The molecule has 2 aromatic carbocycles. The summed E-state index contributed by atoms with van der Waals surface area (Å²) < 4.78 is 2.48. The molecule has 0 saturated heterocycles. The average Bonchev–Trinajstić information content (AvgIpc) is 3.00. The fraction of sp³-hybridized carbons (Fsp3) is 0.118. The molecule has 0 aliphatic rings.